The Morgan fingerprint density at radius 1 is 0.828 bits per heavy atom. The molecule has 0 N–H and O–H groups in total. The molecule has 0 saturated heterocycles. The first kappa shape index (κ1) is 19.4. The van der Waals surface area contributed by atoms with Gasteiger partial charge in [-0.25, -0.2) is 17.2 Å². The number of hydrogen-bond acceptors (Lipinski definition) is 4. The number of hydrogen-bond donors (Lipinski definition) is 0. The zero-order valence-electron chi connectivity index (χ0n) is 15.1. The van der Waals surface area contributed by atoms with E-state index in [1.807, 2.05) is 0 Å². The molecular weight excluding hydrogens is 414 g/mol. The molecule has 1 aromatic heterocycles. The summed E-state index contributed by atoms with van der Waals surface area (Å²) in [5, 5.41) is 0.427. The van der Waals surface area contributed by atoms with Crippen LogP contribution in [0.1, 0.15) is 0 Å². The minimum Gasteiger partial charge on any atom is -0.455 e. The lowest BCUT2D eigenvalue weighted by Gasteiger charge is -2.12. The third-order valence-corrected chi connectivity index (χ3v) is 6.08. The third-order valence-electron chi connectivity index (χ3n) is 4.53. The molecule has 146 valence electrons. The van der Waals surface area contributed by atoms with Gasteiger partial charge in [-0.3, -0.25) is 0 Å². The van der Waals surface area contributed by atoms with Gasteiger partial charge in [0, 0.05) is 22.8 Å². The summed E-state index contributed by atoms with van der Waals surface area (Å²) in [4.78, 5) is 0.172. The average molecular weight is 428 g/mol. The molecule has 4 rings (SSSR count). The van der Waals surface area contributed by atoms with E-state index < -0.39 is 21.5 Å². The quantitative estimate of drug-likeness (QED) is 0.366. The van der Waals surface area contributed by atoms with Crippen LogP contribution in [0.5, 0.6) is 0 Å². The molecule has 0 bridgehead atoms. The maximum absolute atomic E-state index is 13.8. The molecule has 3 aromatic carbocycles. The van der Waals surface area contributed by atoms with Gasteiger partial charge in [0.05, 0.1) is 9.41 Å². The molecule has 4 aromatic rings. The van der Waals surface area contributed by atoms with Gasteiger partial charge in [-0.15, -0.1) is 0 Å². The Hall–Kier alpha value is -2.90. The van der Waals surface area contributed by atoms with E-state index in [1.165, 1.54) is 42.5 Å². The van der Waals surface area contributed by atoms with Crippen LogP contribution in [0.3, 0.4) is 0 Å². The van der Waals surface area contributed by atoms with E-state index in [0.717, 1.165) is 6.26 Å². The van der Waals surface area contributed by atoms with Gasteiger partial charge in [-0.2, -0.15) is 0 Å². The molecule has 3 nitrogen and oxygen atoms in total. The van der Waals surface area contributed by atoms with Gasteiger partial charge < -0.3 is 4.42 Å². The molecule has 0 aliphatic heterocycles. The molecule has 0 fully saturated rings. The van der Waals surface area contributed by atoms with Crippen LogP contribution in [0.25, 0.3) is 33.4 Å². The number of rotatable bonds is 3. The van der Waals surface area contributed by atoms with Crippen LogP contribution >= 0.6 is 12.2 Å². The minimum atomic E-state index is -3.35. The monoisotopic (exact) mass is 428 g/mol. The highest BCUT2D eigenvalue weighted by Crippen LogP contribution is 2.38. The fourth-order valence-electron chi connectivity index (χ4n) is 3.10. The molecule has 0 atom stereocenters. The molecule has 0 radical (unpaired) electrons. The molecule has 0 aliphatic rings. The first-order chi connectivity index (χ1) is 13.7. The van der Waals surface area contributed by atoms with Crippen LogP contribution in [-0.4, -0.2) is 14.7 Å². The van der Waals surface area contributed by atoms with Gasteiger partial charge in [0.15, 0.2) is 9.84 Å². The van der Waals surface area contributed by atoms with E-state index in [0.29, 0.717) is 37.9 Å². The molecule has 0 aliphatic carbocycles. The fourth-order valence-corrected chi connectivity index (χ4v) is 4.10. The first-order valence-corrected chi connectivity index (χ1v) is 10.9. The second-order valence-corrected chi connectivity index (χ2v) is 9.00. The Balaban J connectivity index is 2.04. The summed E-state index contributed by atoms with van der Waals surface area (Å²) < 4.78 is 57.1. The van der Waals surface area contributed by atoms with Crippen molar-refractivity contribution >= 4 is 33.0 Å². The second-order valence-electron chi connectivity index (χ2n) is 6.58. The van der Waals surface area contributed by atoms with Crippen molar-refractivity contribution in [2.45, 2.75) is 4.90 Å². The summed E-state index contributed by atoms with van der Waals surface area (Å²) in [5.74, 6) is -0.461. The Bertz CT molecular complexity index is 1390. The molecule has 0 saturated carbocycles. The Kier molecular flexibility index (Phi) is 4.80. The summed E-state index contributed by atoms with van der Waals surface area (Å²) in [6, 6.07) is 16.0. The van der Waals surface area contributed by atoms with Crippen molar-refractivity contribution in [3.63, 3.8) is 0 Å². The summed E-state index contributed by atoms with van der Waals surface area (Å²) in [5.41, 5.74) is 2.09. The summed E-state index contributed by atoms with van der Waals surface area (Å²) in [6.45, 7) is 0. The van der Waals surface area contributed by atoms with Crippen molar-refractivity contribution < 1.29 is 21.6 Å². The molecule has 0 spiro atoms. The molecule has 1 heterocycles. The minimum absolute atomic E-state index is 0.172. The van der Waals surface area contributed by atoms with Gasteiger partial charge in [-0.1, -0.05) is 24.4 Å². The van der Waals surface area contributed by atoms with Crippen LogP contribution < -0.4 is 0 Å². The largest absolute Gasteiger partial charge is 0.455 e. The highest BCUT2D eigenvalue weighted by molar-refractivity contribution is 7.90. The maximum atomic E-state index is 13.8. The van der Waals surface area contributed by atoms with Crippen LogP contribution in [0.15, 0.2) is 76.0 Å². The Morgan fingerprint density at radius 3 is 2.03 bits per heavy atom. The highest BCUT2D eigenvalue weighted by Gasteiger charge is 2.17. The average Bonchev–Trinajstić information content (AvgIpc) is 2.69. The SMILES string of the molecule is CS(=O)(=O)c1ccc(-c2oc3ccc(F)cc3c(=S)c2-c2ccc(F)cc2)cc1. The highest BCUT2D eigenvalue weighted by atomic mass is 32.2. The normalized spacial score (nSPS) is 11.7. The number of sulfone groups is 1. The number of benzene rings is 3. The predicted molar refractivity (Wildman–Crippen MR) is 111 cm³/mol. The lowest BCUT2D eigenvalue weighted by Crippen LogP contribution is -1.96. The third kappa shape index (κ3) is 3.71. The number of fused-ring (bicyclic) bond motifs is 1. The van der Waals surface area contributed by atoms with E-state index >= 15 is 0 Å². The second kappa shape index (κ2) is 7.17. The van der Waals surface area contributed by atoms with Crippen molar-refractivity contribution in [2.24, 2.45) is 0 Å². The molecule has 0 amide bonds. The number of halogens is 2. The van der Waals surface area contributed by atoms with Crippen LogP contribution in [-0.2, 0) is 9.84 Å². The van der Waals surface area contributed by atoms with Gasteiger partial charge in [-0.05, 0) is 60.2 Å². The van der Waals surface area contributed by atoms with Crippen molar-refractivity contribution in [3.05, 3.63) is 82.9 Å². The molecule has 0 unspecified atom stereocenters. The molecule has 7 heteroatoms. The van der Waals surface area contributed by atoms with E-state index in [1.54, 1.807) is 24.3 Å². The fraction of sp³-hybridized carbons (Fsp3) is 0.0455. The zero-order valence-corrected chi connectivity index (χ0v) is 16.8. The predicted octanol–water partition coefficient (Wildman–Crippen LogP) is 6.18. The van der Waals surface area contributed by atoms with Crippen LogP contribution in [0, 0.1) is 16.1 Å². The van der Waals surface area contributed by atoms with Crippen molar-refractivity contribution in [1.29, 1.82) is 0 Å². The Morgan fingerprint density at radius 2 is 1.41 bits per heavy atom. The first-order valence-electron chi connectivity index (χ1n) is 8.57. The van der Waals surface area contributed by atoms with Gasteiger partial charge in [0.2, 0.25) is 0 Å². The molecule has 29 heavy (non-hydrogen) atoms. The van der Waals surface area contributed by atoms with Crippen molar-refractivity contribution in [2.75, 3.05) is 6.26 Å². The lowest BCUT2D eigenvalue weighted by atomic mass is 9.99. The zero-order chi connectivity index (χ0) is 20.8. The lowest BCUT2D eigenvalue weighted by molar-refractivity contribution is 0.601. The van der Waals surface area contributed by atoms with Gasteiger partial charge in [0.25, 0.3) is 0 Å². The van der Waals surface area contributed by atoms with Crippen molar-refractivity contribution in [1.82, 2.24) is 0 Å². The van der Waals surface area contributed by atoms with Crippen molar-refractivity contribution in [3.8, 4) is 22.5 Å². The topological polar surface area (TPSA) is 47.3 Å². The maximum Gasteiger partial charge on any atom is 0.175 e. The standard InChI is InChI=1S/C22H14F2O3S2/c1-29(25,26)17-9-4-14(5-10-17)21-20(13-2-6-15(23)7-3-13)22(28)18-12-16(24)8-11-19(18)27-21/h2-12H,1H3. The summed E-state index contributed by atoms with van der Waals surface area (Å²) in [7, 11) is -3.35. The summed E-state index contributed by atoms with van der Waals surface area (Å²) >= 11 is 5.62. The van der Waals surface area contributed by atoms with Crippen LogP contribution in [0.4, 0.5) is 8.78 Å². The van der Waals surface area contributed by atoms with E-state index in [2.05, 4.69) is 0 Å². The Labute approximate surface area is 171 Å². The smallest absolute Gasteiger partial charge is 0.175 e. The van der Waals surface area contributed by atoms with Gasteiger partial charge in [0.1, 0.15) is 23.0 Å². The summed E-state index contributed by atoms with van der Waals surface area (Å²) in [6.07, 6.45) is 1.13. The van der Waals surface area contributed by atoms with Crippen LogP contribution in [0.2, 0.25) is 0 Å². The van der Waals surface area contributed by atoms with E-state index in [9.17, 15) is 17.2 Å². The van der Waals surface area contributed by atoms with E-state index in [-0.39, 0.29) is 4.90 Å². The van der Waals surface area contributed by atoms with E-state index in [4.69, 9.17) is 16.6 Å². The molecular formula is C22H14F2O3S2. The van der Waals surface area contributed by atoms with Gasteiger partial charge >= 0.3 is 0 Å².